The third-order valence-corrected chi connectivity index (χ3v) is 4.72. The van der Waals surface area contributed by atoms with Gasteiger partial charge in [0, 0.05) is 12.5 Å². The van der Waals surface area contributed by atoms with Gasteiger partial charge in [0.25, 0.3) is 5.91 Å². The molecule has 1 saturated carbocycles. The molecule has 0 bridgehead atoms. The number of aryl methyl sites for hydroxylation is 2. The normalized spacial score (nSPS) is 13.7. The molecule has 1 aliphatic carbocycles. The predicted molar refractivity (Wildman–Crippen MR) is 100 cm³/mol. The Labute approximate surface area is 156 Å². The van der Waals surface area contributed by atoms with E-state index in [4.69, 9.17) is 4.42 Å². The van der Waals surface area contributed by atoms with E-state index in [9.17, 15) is 9.59 Å². The molecule has 0 saturated heterocycles. The van der Waals surface area contributed by atoms with E-state index in [1.165, 1.54) is 4.68 Å². The summed E-state index contributed by atoms with van der Waals surface area (Å²) < 4.78 is 8.51. The average molecular weight is 366 g/mol. The number of hydrogen-bond acceptors (Lipinski definition) is 4. The van der Waals surface area contributed by atoms with Crippen LogP contribution in [0, 0.1) is 13.8 Å². The minimum atomic E-state index is -0.206. The number of nitrogens with one attached hydrogen (secondary N) is 1. The number of para-hydroxylation sites is 1. The predicted octanol–water partition coefficient (Wildman–Crippen LogP) is 2.55. The zero-order valence-corrected chi connectivity index (χ0v) is 15.4. The van der Waals surface area contributed by atoms with Crippen LogP contribution in [0.5, 0.6) is 0 Å². The van der Waals surface area contributed by atoms with Crippen LogP contribution in [0.1, 0.15) is 46.5 Å². The number of hydrogen-bond donors (Lipinski definition) is 1. The van der Waals surface area contributed by atoms with Crippen LogP contribution in [0.4, 0.5) is 0 Å². The molecule has 1 aliphatic rings. The third kappa shape index (κ3) is 3.45. The van der Waals surface area contributed by atoms with E-state index in [1.54, 1.807) is 24.5 Å². The third-order valence-electron chi connectivity index (χ3n) is 4.72. The molecular weight excluding hydrogens is 344 g/mol. The fourth-order valence-electron chi connectivity index (χ4n) is 3.22. The lowest BCUT2D eigenvalue weighted by Crippen LogP contribution is -2.32. The molecule has 2 aromatic heterocycles. The topological polar surface area (TPSA) is 82.1 Å². The molecule has 7 nitrogen and oxygen atoms in total. The molecule has 0 aliphatic heterocycles. The van der Waals surface area contributed by atoms with Gasteiger partial charge in [-0.1, -0.05) is 18.2 Å². The van der Waals surface area contributed by atoms with Crippen LogP contribution < -0.4 is 11.0 Å². The molecule has 0 unspecified atom stereocenters. The highest BCUT2D eigenvalue weighted by Gasteiger charge is 2.31. The van der Waals surface area contributed by atoms with Gasteiger partial charge in [-0.15, -0.1) is 0 Å². The molecule has 2 heterocycles. The van der Waals surface area contributed by atoms with Crippen molar-refractivity contribution in [2.24, 2.45) is 0 Å². The number of rotatable bonds is 6. The van der Waals surface area contributed by atoms with Crippen LogP contribution in [0.3, 0.4) is 0 Å². The number of furan rings is 1. The van der Waals surface area contributed by atoms with E-state index >= 15 is 0 Å². The average Bonchev–Trinajstić information content (AvgIpc) is 3.37. The summed E-state index contributed by atoms with van der Waals surface area (Å²) in [5, 5.41) is 7.37. The molecule has 7 heteroatoms. The smallest absolute Gasteiger partial charge is 0.350 e. The number of carbonyl (C=O) groups excluding carboxylic acids is 1. The van der Waals surface area contributed by atoms with Gasteiger partial charge in [0.15, 0.2) is 0 Å². The van der Waals surface area contributed by atoms with E-state index in [0.717, 1.165) is 24.4 Å². The van der Waals surface area contributed by atoms with Gasteiger partial charge in [-0.2, -0.15) is 5.10 Å². The molecule has 4 rings (SSSR count). The Hall–Kier alpha value is -3.09. The Kier molecular flexibility index (Phi) is 4.43. The highest BCUT2D eigenvalue weighted by atomic mass is 16.3. The van der Waals surface area contributed by atoms with Gasteiger partial charge in [-0.05, 0) is 44.9 Å². The van der Waals surface area contributed by atoms with Crippen molar-refractivity contribution in [3.8, 4) is 5.69 Å². The quantitative estimate of drug-likeness (QED) is 0.727. The first-order chi connectivity index (χ1) is 13.0. The zero-order chi connectivity index (χ0) is 19.0. The van der Waals surface area contributed by atoms with Gasteiger partial charge < -0.3 is 9.73 Å². The Morgan fingerprint density at radius 2 is 2.00 bits per heavy atom. The number of carbonyl (C=O) groups is 1. The summed E-state index contributed by atoms with van der Waals surface area (Å²) in [6.07, 6.45) is 2.11. The van der Waals surface area contributed by atoms with E-state index < -0.39 is 0 Å². The highest BCUT2D eigenvalue weighted by Crippen LogP contribution is 2.39. The Bertz CT molecular complexity index is 1030. The second-order valence-electron chi connectivity index (χ2n) is 6.89. The van der Waals surface area contributed by atoms with Gasteiger partial charge in [-0.25, -0.2) is 14.0 Å². The molecule has 1 amide bonds. The lowest BCUT2D eigenvalue weighted by Gasteiger charge is -2.04. The van der Waals surface area contributed by atoms with Gasteiger partial charge in [-0.3, -0.25) is 4.79 Å². The van der Waals surface area contributed by atoms with Crippen molar-refractivity contribution in [2.75, 3.05) is 6.54 Å². The second kappa shape index (κ2) is 6.90. The van der Waals surface area contributed by atoms with E-state index in [1.807, 2.05) is 30.3 Å². The first-order valence-corrected chi connectivity index (χ1v) is 9.15. The van der Waals surface area contributed by atoms with Crippen molar-refractivity contribution in [1.82, 2.24) is 19.7 Å². The van der Waals surface area contributed by atoms with Crippen molar-refractivity contribution < 1.29 is 9.21 Å². The summed E-state index contributed by atoms with van der Waals surface area (Å²) in [5.41, 5.74) is 1.17. The van der Waals surface area contributed by atoms with Crippen LogP contribution in [0.2, 0.25) is 0 Å². The fourth-order valence-corrected chi connectivity index (χ4v) is 3.22. The van der Waals surface area contributed by atoms with Crippen molar-refractivity contribution in [2.45, 2.75) is 39.2 Å². The van der Waals surface area contributed by atoms with Crippen LogP contribution in [-0.4, -0.2) is 26.8 Å². The van der Waals surface area contributed by atoms with Crippen molar-refractivity contribution in [3.63, 3.8) is 0 Å². The van der Waals surface area contributed by atoms with Gasteiger partial charge in [0.1, 0.15) is 17.3 Å². The van der Waals surface area contributed by atoms with Crippen molar-refractivity contribution >= 4 is 5.91 Å². The molecule has 140 valence electrons. The molecule has 0 spiro atoms. The monoisotopic (exact) mass is 366 g/mol. The standard InChI is InChI=1S/C20H22N4O3/c1-13-12-17(14(2)27-13)19(25)21-10-11-23-20(26)24(16-6-4-3-5-7-16)18(22-23)15-8-9-15/h3-7,12,15H,8-11H2,1-2H3,(H,21,25). The lowest BCUT2D eigenvalue weighted by molar-refractivity contribution is 0.0950. The number of nitrogens with zero attached hydrogens (tertiary/aromatic N) is 3. The summed E-state index contributed by atoms with van der Waals surface area (Å²) in [5.74, 6) is 2.22. The highest BCUT2D eigenvalue weighted by molar-refractivity contribution is 5.95. The maximum Gasteiger partial charge on any atom is 0.350 e. The largest absolute Gasteiger partial charge is 0.466 e. The molecule has 0 atom stereocenters. The molecule has 3 aromatic rings. The van der Waals surface area contributed by atoms with Crippen LogP contribution in [0.25, 0.3) is 5.69 Å². The summed E-state index contributed by atoms with van der Waals surface area (Å²) in [7, 11) is 0. The van der Waals surface area contributed by atoms with Crippen LogP contribution in [-0.2, 0) is 6.54 Å². The summed E-state index contributed by atoms with van der Waals surface area (Å²) in [6, 6.07) is 11.3. The first-order valence-electron chi connectivity index (χ1n) is 9.15. The lowest BCUT2D eigenvalue weighted by atomic mass is 10.2. The first kappa shape index (κ1) is 17.3. The molecule has 1 N–H and O–H groups in total. The Morgan fingerprint density at radius 1 is 1.26 bits per heavy atom. The molecular formula is C20H22N4O3. The SMILES string of the molecule is Cc1cc(C(=O)NCCn2nc(C3CC3)n(-c3ccccc3)c2=O)c(C)o1. The van der Waals surface area contributed by atoms with E-state index in [-0.39, 0.29) is 11.6 Å². The summed E-state index contributed by atoms with van der Waals surface area (Å²) in [6.45, 7) is 4.20. The van der Waals surface area contributed by atoms with E-state index in [2.05, 4.69) is 10.4 Å². The van der Waals surface area contributed by atoms with E-state index in [0.29, 0.717) is 36.1 Å². The van der Waals surface area contributed by atoms with Crippen LogP contribution >= 0.6 is 0 Å². The number of aromatic nitrogens is 3. The van der Waals surface area contributed by atoms with Crippen molar-refractivity contribution in [3.05, 3.63) is 69.8 Å². The Balaban J connectivity index is 1.51. The fraction of sp³-hybridized carbons (Fsp3) is 0.350. The van der Waals surface area contributed by atoms with Crippen molar-refractivity contribution in [1.29, 1.82) is 0 Å². The zero-order valence-electron chi connectivity index (χ0n) is 15.4. The molecule has 1 fully saturated rings. The summed E-state index contributed by atoms with van der Waals surface area (Å²) >= 11 is 0. The maximum atomic E-state index is 12.9. The minimum absolute atomic E-state index is 0.173. The van der Waals surface area contributed by atoms with Crippen LogP contribution in [0.15, 0.2) is 45.6 Å². The molecule has 27 heavy (non-hydrogen) atoms. The van der Waals surface area contributed by atoms with Gasteiger partial charge in [0.05, 0.1) is 17.8 Å². The number of benzene rings is 1. The second-order valence-corrected chi connectivity index (χ2v) is 6.89. The van der Waals surface area contributed by atoms with Gasteiger partial charge >= 0.3 is 5.69 Å². The molecule has 1 aromatic carbocycles. The Morgan fingerprint density at radius 3 is 2.63 bits per heavy atom. The summed E-state index contributed by atoms with van der Waals surface area (Å²) in [4.78, 5) is 25.1. The minimum Gasteiger partial charge on any atom is -0.466 e. The van der Waals surface area contributed by atoms with Gasteiger partial charge in [0.2, 0.25) is 0 Å². The molecule has 0 radical (unpaired) electrons. The maximum absolute atomic E-state index is 12.9. The number of amides is 1.